The van der Waals surface area contributed by atoms with Crippen LogP contribution in [0.3, 0.4) is 0 Å². The minimum atomic E-state index is 1.04. The zero-order valence-corrected chi connectivity index (χ0v) is 45.0. The van der Waals surface area contributed by atoms with Crippen molar-refractivity contribution in [1.29, 1.82) is 0 Å². The molecule has 2 nitrogen and oxygen atoms in total. The van der Waals surface area contributed by atoms with Gasteiger partial charge in [0.1, 0.15) is 0 Å². The van der Waals surface area contributed by atoms with Crippen LogP contribution in [-0.4, -0.2) is 9.97 Å². The first-order chi connectivity index (χ1) is 30.5. The average Bonchev–Trinajstić information content (AvgIpc) is 3.84. The van der Waals surface area contributed by atoms with E-state index >= 15 is 0 Å². The molecular weight excluding hydrogens is 925 g/mol. The molecule has 0 aliphatic carbocycles. The van der Waals surface area contributed by atoms with E-state index in [4.69, 9.17) is 9.97 Å². The van der Waals surface area contributed by atoms with Gasteiger partial charge in [0.25, 0.3) is 0 Å². The molecule has 348 valence electrons. The maximum absolute atomic E-state index is 5.82. The summed E-state index contributed by atoms with van der Waals surface area (Å²) < 4.78 is 2.46. The SMILES string of the molecule is CCCCCCCCCCc1cc(Br)sc1-c1ccc(-c2sc(Br)cc2CCCCCCCCCC)c2nc(CCCCCCCCCC)c(CCCCCCCCCC)nc12. The van der Waals surface area contributed by atoms with Crippen LogP contribution in [0.4, 0.5) is 0 Å². The molecule has 0 unspecified atom stereocenters. The predicted octanol–water partition coefficient (Wildman–Crippen LogP) is 21.3. The molecule has 1 aromatic carbocycles. The molecule has 4 rings (SSSR count). The summed E-state index contributed by atoms with van der Waals surface area (Å²) in [6.07, 6.45) is 47.3. The van der Waals surface area contributed by atoms with Gasteiger partial charge in [-0.2, -0.15) is 0 Å². The summed E-state index contributed by atoms with van der Waals surface area (Å²) in [4.78, 5) is 14.4. The molecule has 0 aliphatic rings. The van der Waals surface area contributed by atoms with Crippen LogP contribution in [0.5, 0.6) is 0 Å². The Bertz CT molecular complexity index is 1630. The number of rotatable bonds is 38. The Morgan fingerprint density at radius 1 is 0.355 bits per heavy atom. The lowest BCUT2D eigenvalue weighted by molar-refractivity contribution is 0.567. The summed E-state index contributed by atoms with van der Waals surface area (Å²) in [5.41, 5.74) is 10.3. The third-order valence-electron chi connectivity index (χ3n) is 13.2. The van der Waals surface area contributed by atoms with Crippen LogP contribution < -0.4 is 0 Å². The summed E-state index contributed by atoms with van der Waals surface area (Å²) >= 11 is 11.7. The first-order valence-electron chi connectivity index (χ1n) is 26.4. The Morgan fingerprint density at radius 3 is 0.903 bits per heavy atom. The van der Waals surface area contributed by atoms with E-state index in [0.29, 0.717) is 0 Å². The molecule has 0 amide bonds. The van der Waals surface area contributed by atoms with Gasteiger partial charge in [0.15, 0.2) is 0 Å². The number of benzene rings is 1. The number of fused-ring (bicyclic) bond motifs is 1. The maximum Gasteiger partial charge on any atom is 0.0983 e. The highest BCUT2D eigenvalue weighted by Gasteiger charge is 2.22. The normalized spacial score (nSPS) is 11.8. The number of nitrogens with zero attached hydrogens (tertiary/aromatic N) is 2. The third-order valence-corrected chi connectivity index (χ3v) is 16.6. The lowest BCUT2D eigenvalue weighted by Crippen LogP contribution is -2.05. The van der Waals surface area contributed by atoms with Crippen LogP contribution in [0.2, 0.25) is 0 Å². The molecule has 3 aromatic heterocycles. The van der Waals surface area contributed by atoms with Crippen LogP contribution in [0, 0.1) is 0 Å². The minimum absolute atomic E-state index is 1.04. The molecule has 0 N–H and O–H groups in total. The largest absolute Gasteiger partial charge is 0.249 e. The first-order valence-corrected chi connectivity index (χ1v) is 29.6. The molecule has 0 saturated carbocycles. The fraction of sp³-hybridized carbons (Fsp3) is 0.714. The van der Waals surface area contributed by atoms with E-state index in [1.165, 1.54) is 256 Å². The van der Waals surface area contributed by atoms with Crippen LogP contribution in [0.25, 0.3) is 31.9 Å². The summed E-state index contributed by atoms with van der Waals surface area (Å²) in [5.74, 6) is 0. The Hall–Kier alpha value is -1.08. The van der Waals surface area contributed by atoms with Crippen molar-refractivity contribution in [3.63, 3.8) is 0 Å². The topological polar surface area (TPSA) is 25.8 Å². The summed E-state index contributed by atoms with van der Waals surface area (Å²) in [6.45, 7) is 9.25. The Balaban J connectivity index is 1.67. The smallest absolute Gasteiger partial charge is 0.0983 e. The van der Waals surface area contributed by atoms with Gasteiger partial charge in [0.2, 0.25) is 0 Å². The average molecular weight is 1010 g/mol. The van der Waals surface area contributed by atoms with E-state index in [9.17, 15) is 0 Å². The highest BCUT2D eigenvalue weighted by atomic mass is 79.9. The Morgan fingerprint density at radius 2 is 0.613 bits per heavy atom. The summed E-state index contributed by atoms with van der Waals surface area (Å²) in [7, 11) is 0. The number of thiophene rings is 2. The highest BCUT2D eigenvalue weighted by Crippen LogP contribution is 2.45. The maximum atomic E-state index is 5.82. The molecule has 0 radical (unpaired) electrons. The zero-order chi connectivity index (χ0) is 44.0. The number of unbranched alkanes of at least 4 members (excludes halogenated alkanes) is 28. The number of aryl methyl sites for hydroxylation is 4. The van der Waals surface area contributed by atoms with Crippen LogP contribution >= 0.6 is 54.5 Å². The molecule has 0 spiro atoms. The third kappa shape index (κ3) is 19.8. The van der Waals surface area contributed by atoms with Gasteiger partial charge in [0.05, 0.1) is 30.0 Å². The summed E-state index contributed by atoms with van der Waals surface area (Å²) in [5, 5.41) is 0. The van der Waals surface area contributed by atoms with Crippen molar-refractivity contribution in [1.82, 2.24) is 9.97 Å². The lowest BCUT2D eigenvalue weighted by atomic mass is 9.97. The molecule has 6 heteroatoms. The van der Waals surface area contributed by atoms with E-state index in [1.807, 2.05) is 22.7 Å². The molecule has 0 fully saturated rings. The van der Waals surface area contributed by atoms with Gasteiger partial charge in [-0.25, -0.2) is 9.97 Å². The van der Waals surface area contributed by atoms with Crippen molar-refractivity contribution in [2.75, 3.05) is 0 Å². The minimum Gasteiger partial charge on any atom is -0.249 e. The number of halogens is 2. The van der Waals surface area contributed by atoms with Gasteiger partial charge in [-0.1, -0.05) is 220 Å². The van der Waals surface area contributed by atoms with Gasteiger partial charge in [-0.3, -0.25) is 0 Å². The second-order valence-corrected chi connectivity index (χ2v) is 23.5. The fourth-order valence-corrected chi connectivity index (χ4v) is 12.8. The van der Waals surface area contributed by atoms with Gasteiger partial charge in [-0.15, -0.1) is 22.7 Å². The molecule has 0 aliphatic heterocycles. The van der Waals surface area contributed by atoms with Gasteiger partial charge < -0.3 is 0 Å². The zero-order valence-electron chi connectivity index (χ0n) is 40.2. The van der Waals surface area contributed by atoms with Crippen LogP contribution in [0.15, 0.2) is 31.8 Å². The van der Waals surface area contributed by atoms with Crippen molar-refractivity contribution in [3.05, 3.63) is 54.4 Å². The van der Waals surface area contributed by atoms with Crippen molar-refractivity contribution < 1.29 is 0 Å². The van der Waals surface area contributed by atoms with Crippen LogP contribution in [0.1, 0.15) is 256 Å². The highest BCUT2D eigenvalue weighted by molar-refractivity contribution is 9.11. The predicted molar refractivity (Wildman–Crippen MR) is 287 cm³/mol. The molecule has 3 heterocycles. The first kappa shape index (κ1) is 53.5. The number of hydrogen-bond acceptors (Lipinski definition) is 4. The van der Waals surface area contributed by atoms with E-state index in [-0.39, 0.29) is 0 Å². The molecule has 0 bridgehead atoms. The van der Waals surface area contributed by atoms with Crippen molar-refractivity contribution in [2.45, 2.75) is 259 Å². The quantitative estimate of drug-likeness (QED) is 0.0418. The van der Waals surface area contributed by atoms with E-state index < -0.39 is 0 Å². The van der Waals surface area contributed by atoms with Gasteiger partial charge in [0, 0.05) is 20.9 Å². The van der Waals surface area contributed by atoms with Crippen LogP contribution in [-0.2, 0) is 25.7 Å². The number of hydrogen-bond donors (Lipinski definition) is 0. The van der Waals surface area contributed by atoms with Crippen molar-refractivity contribution in [2.24, 2.45) is 0 Å². The molecule has 0 atom stereocenters. The molecule has 62 heavy (non-hydrogen) atoms. The molecular formula is C56H88Br2N2S2. The van der Waals surface area contributed by atoms with Crippen molar-refractivity contribution >= 4 is 65.6 Å². The monoisotopic (exact) mass is 1010 g/mol. The Labute approximate surface area is 406 Å². The fourth-order valence-electron chi connectivity index (χ4n) is 9.34. The van der Waals surface area contributed by atoms with Gasteiger partial charge >= 0.3 is 0 Å². The standard InChI is InChI=1S/C56H88Br2N2S2/c1-5-9-13-17-21-25-29-33-37-45-43-51(57)61-55(45)47-41-42-48(56-46(44-52(58)62-56)38-34-30-26-22-18-14-10-6-2)54-53(47)59-49(39-35-31-27-23-19-15-11-7-3)50(60-54)40-36-32-28-24-20-16-12-8-4/h41-44H,5-40H2,1-4H3. The second-order valence-electron chi connectivity index (χ2n) is 18.7. The lowest BCUT2D eigenvalue weighted by Gasteiger charge is -2.16. The van der Waals surface area contributed by atoms with E-state index in [0.717, 1.165) is 36.7 Å². The second kappa shape index (κ2) is 33.4. The summed E-state index contributed by atoms with van der Waals surface area (Å²) in [6, 6.07) is 9.66. The van der Waals surface area contributed by atoms with Crippen molar-refractivity contribution in [3.8, 4) is 20.9 Å². The molecule has 0 saturated heterocycles. The van der Waals surface area contributed by atoms with E-state index in [2.05, 4.69) is 83.8 Å². The number of aromatic nitrogens is 2. The van der Waals surface area contributed by atoms with Gasteiger partial charge in [-0.05, 0) is 106 Å². The molecule has 4 aromatic rings. The Kier molecular flexibility index (Phi) is 28.8. The van der Waals surface area contributed by atoms with E-state index in [1.54, 1.807) is 0 Å².